The summed E-state index contributed by atoms with van der Waals surface area (Å²) in [5.74, 6) is -0.0334. The second-order valence-electron chi connectivity index (χ2n) is 7.60. The third-order valence-electron chi connectivity index (χ3n) is 3.84. The van der Waals surface area contributed by atoms with Crippen LogP contribution in [0.2, 0.25) is 0 Å². The monoisotopic (exact) mass is 346 g/mol. The van der Waals surface area contributed by atoms with Crippen LogP contribution in [0, 0.1) is 10.8 Å². The van der Waals surface area contributed by atoms with Crippen LogP contribution in [0.1, 0.15) is 47.5 Å². The van der Waals surface area contributed by atoms with Gasteiger partial charge in [-0.15, -0.1) is 11.6 Å². The maximum atomic E-state index is 12.0. The first kappa shape index (κ1) is 20.0. The molecule has 0 fully saturated rings. The number of ether oxygens (including phenoxy) is 2. The number of hydrogen-bond donors (Lipinski definition) is 1. The zero-order valence-corrected chi connectivity index (χ0v) is 15.3. The number of hydrogen-bond acceptors (Lipinski definition) is 5. The van der Waals surface area contributed by atoms with Gasteiger partial charge in [0.2, 0.25) is 0 Å². The lowest BCUT2D eigenvalue weighted by Crippen LogP contribution is -2.48. The van der Waals surface area contributed by atoms with Gasteiger partial charge in [0.05, 0.1) is 5.41 Å². The normalized spacial score (nSPS) is 22.4. The highest BCUT2D eigenvalue weighted by Crippen LogP contribution is 2.35. The second kappa shape index (κ2) is 7.67. The lowest BCUT2D eigenvalue weighted by atomic mass is 9.78. The smallest absolute Gasteiger partial charge is 0.311 e. The Morgan fingerprint density at radius 1 is 1.35 bits per heavy atom. The van der Waals surface area contributed by atoms with Crippen molar-refractivity contribution in [2.75, 3.05) is 12.5 Å². The van der Waals surface area contributed by atoms with Gasteiger partial charge < -0.3 is 14.6 Å². The molecule has 0 bridgehead atoms. The van der Waals surface area contributed by atoms with Gasteiger partial charge in [-0.05, 0) is 33.6 Å². The van der Waals surface area contributed by atoms with Gasteiger partial charge in [0.15, 0.2) is 11.9 Å². The van der Waals surface area contributed by atoms with Gasteiger partial charge in [0.1, 0.15) is 18.5 Å². The Labute approximate surface area is 143 Å². The first-order chi connectivity index (χ1) is 10.5. The van der Waals surface area contributed by atoms with Crippen LogP contribution in [0.25, 0.3) is 0 Å². The van der Waals surface area contributed by atoms with E-state index in [1.54, 1.807) is 20.8 Å². The Morgan fingerprint density at radius 3 is 2.48 bits per heavy atom. The lowest BCUT2D eigenvalue weighted by Gasteiger charge is -2.39. The van der Waals surface area contributed by atoms with Gasteiger partial charge in [0.25, 0.3) is 0 Å². The molecule has 0 saturated heterocycles. The third-order valence-corrected chi connectivity index (χ3v) is 4.11. The van der Waals surface area contributed by atoms with Crippen LogP contribution in [0.5, 0.6) is 0 Å². The summed E-state index contributed by atoms with van der Waals surface area (Å²) in [4.78, 5) is 23.8. The molecule has 6 heteroatoms. The molecule has 0 spiro atoms. The Bertz CT molecular complexity index is 476. The summed E-state index contributed by atoms with van der Waals surface area (Å²) < 4.78 is 10.9. The van der Waals surface area contributed by atoms with Crippen LogP contribution in [-0.2, 0) is 19.1 Å². The number of esters is 1. The molecule has 1 aliphatic heterocycles. The quantitative estimate of drug-likeness (QED) is 0.591. The summed E-state index contributed by atoms with van der Waals surface area (Å²) in [5, 5.41) is 10.1. The minimum absolute atomic E-state index is 0.114. The van der Waals surface area contributed by atoms with Gasteiger partial charge in [-0.25, -0.2) is 0 Å². The molecule has 0 aromatic rings. The van der Waals surface area contributed by atoms with Crippen LogP contribution >= 0.6 is 11.6 Å². The van der Waals surface area contributed by atoms with Crippen molar-refractivity contribution in [3.8, 4) is 0 Å². The van der Waals surface area contributed by atoms with Crippen molar-refractivity contribution in [1.82, 2.24) is 0 Å². The fraction of sp³-hybridized carbons (Fsp3) is 0.765. The second-order valence-corrected chi connectivity index (χ2v) is 7.98. The molecule has 1 N–H and O–H groups in total. The molecule has 0 unspecified atom stereocenters. The summed E-state index contributed by atoms with van der Waals surface area (Å²) in [5.41, 5.74) is -1.06. The minimum Gasteiger partial charge on any atom is -0.487 e. The van der Waals surface area contributed by atoms with Gasteiger partial charge in [-0.3, -0.25) is 9.59 Å². The topological polar surface area (TPSA) is 72.8 Å². The molecular formula is C17H27ClO5. The highest BCUT2D eigenvalue weighted by molar-refractivity contribution is 6.17. The number of rotatable bonds is 6. The van der Waals surface area contributed by atoms with Crippen LogP contribution in [0.3, 0.4) is 0 Å². The fourth-order valence-electron chi connectivity index (χ4n) is 2.34. The van der Waals surface area contributed by atoms with E-state index in [-0.39, 0.29) is 18.3 Å². The predicted molar refractivity (Wildman–Crippen MR) is 88.1 cm³/mol. The number of ketones is 1. The molecule has 0 aliphatic carbocycles. The summed E-state index contributed by atoms with van der Waals surface area (Å²) in [6.07, 6.45) is 0.761. The van der Waals surface area contributed by atoms with Crippen LogP contribution < -0.4 is 0 Å². The average molecular weight is 347 g/mol. The molecule has 0 saturated carbocycles. The van der Waals surface area contributed by atoms with Gasteiger partial charge in [-0.1, -0.05) is 13.8 Å². The molecule has 0 aromatic heterocycles. The highest BCUT2D eigenvalue weighted by atomic mass is 35.5. The van der Waals surface area contributed by atoms with E-state index in [1.807, 2.05) is 13.8 Å². The number of aliphatic hydroxyl groups is 1. The predicted octanol–water partition coefficient (Wildman–Crippen LogP) is 2.83. The largest absolute Gasteiger partial charge is 0.487 e. The highest BCUT2D eigenvalue weighted by Gasteiger charge is 2.42. The first-order valence-corrected chi connectivity index (χ1v) is 8.35. The van der Waals surface area contributed by atoms with Gasteiger partial charge in [0, 0.05) is 17.4 Å². The number of aliphatic hydroxyl groups excluding tert-OH is 1. The summed E-state index contributed by atoms with van der Waals surface area (Å²) in [6.45, 7) is 8.97. The van der Waals surface area contributed by atoms with Crippen LogP contribution in [0.4, 0.5) is 0 Å². The SMILES string of the molecule is CC(C)(C)C(=O)OCC1=CC(=O)[C@H](O)[C@H](C(C)(C)CCCCl)O1. The Balaban J connectivity index is 2.79. The number of alkyl halides is 1. The molecule has 1 rings (SSSR count). The van der Waals surface area contributed by atoms with E-state index in [1.165, 1.54) is 6.08 Å². The molecule has 0 amide bonds. The Hall–Kier alpha value is -1.07. The molecule has 0 aromatic carbocycles. The molecule has 5 nitrogen and oxygen atoms in total. The number of halogens is 1. The van der Waals surface area contributed by atoms with Crippen molar-refractivity contribution in [2.24, 2.45) is 10.8 Å². The third kappa shape index (κ3) is 5.50. The molecule has 1 aliphatic rings. The summed E-state index contributed by atoms with van der Waals surface area (Å²) >= 11 is 5.73. The van der Waals surface area contributed by atoms with E-state index >= 15 is 0 Å². The van der Waals surface area contributed by atoms with Crippen molar-refractivity contribution in [3.05, 3.63) is 11.8 Å². The molecule has 23 heavy (non-hydrogen) atoms. The van der Waals surface area contributed by atoms with Crippen molar-refractivity contribution in [2.45, 2.75) is 59.7 Å². The van der Waals surface area contributed by atoms with E-state index in [2.05, 4.69) is 0 Å². The Kier molecular flexibility index (Phi) is 6.66. The van der Waals surface area contributed by atoms with Gasteiger partial charge in [-0.2, -0.15) is 0 Å². The minimum atomic E-state index is -1.22. The zero-order chi connectivity index (χ0) is 17.8. The van der Waals surface area contributed by atoms with E-state index < -0.39 is 28.8 Å². The Morgan fingerprint density at radius 2 is 1.96 bits per heavy atom. The summed E-state index contributed by atoms with van der Waals surface area (Å²) in [7, 11) is 0. The molecule has 132 valence electrons. The summed E-state index contributed by atoms with van der Waals surface area (Å²) in [6, 6.07) is 0. The van der Waals surface area contributed by atoms with Gasteiger partial charge >= 0.3 is 5.97 Å². The van der Waals surface area contributed by atoms with Crippen molar-refractivity contribution < 1.29 is 24.2 Å². The van der Waals surface area contributed by atoms with Crippen molar-refractivity contribution in [3.63, 3.8) is 0 Å². The zero-order valence-electron chi connectivity index (χ0n) is 14.5. The maximum Gasteiger partial charge on any atom is 0.311 e. The molecule has 2 atom stereocenters. The average Bonchev–Trinajstić information content (AvgIpc) is 2.44. The van der Waals surface area contributed by atoms with E-state index in [0.29, 0.717) is 12.3 Å². The van der Waals surface area contributed by atoms with Crippen molar-refractivity contribution >= 4 is 23.4 Å². The fourth-order valence-corrected chi connectivity index (χ4v) is 2.47. The number of carbonyl (C=O) groups is 2. The maximum absolute atomic E-state index is 12.0. The molecule has 1 heterocycles. The van der Waals surface area contributed by atoms with Crippen LogP contribution in [-0.4, -0.2) is 41.6 Å². The van der Waals surface area contributed by atoms with Crippen LogP contribution in [0.15, 0.2) is 11.8 Å². The number of carbonyl (C=O) groups excluding carboxylic acids is 2. The first-order valence-electron chi connectivity index (χ1n) is 7.81. The van der Waals surface area contributed by atoms with E-state index in [9.17, 15) is 14.7 Å². The molecular weight excluding hydrogens is 320 g/mol. The van der Waals surface area contributed by atoms with E-state index in [4.69, 9.17) is 21.1 Å². The standard InChI is InChI=1S/C17H27ClO5/c1-16(2,3)15(21)22-10-11-9-12(19)13(20)14(23-11)17(4,5)7-6-8-18/h9,13-14,20H,6-8,10H2,1-5H3/t13-,14+/m0/s1. The lowest BCUT2D eigenvalue weighted by molar-refractivity contribution is -0.157. The van der Waals surface area contributed by atoms with E-state index in [0.717, 1.165) is 6.42 Å². The van der Waals surface area contributed by atoms with Crippen molar-refractivity contribution in [1.29, 1.82) is 0 Å². The molecule has 0 radical (unpaired) electrons.